The van der Waals surface area contributed by atoms with Gasteiger partial charge in [-0.1, -0.05) is 24.8 Å². The molecule has 0 fully saturated rings. The number of anilines is 1. The van der Waals surface area contributed by atoms with Crippen molar-refractivity contribution in [1.82, 2.24) is 15.2 Å². The van der Waals surface area contributed by atoms with Crippen molar-refractivity contribution in [3.05, 3.63) is 42.3 Å². The van der Waals surface area contributed by atoms with Gasteiger partial charge in [-0.3, -0.25) is 15.2 Å². The molecule has 0 saturated heterocycles. The van der Waals surface area contributed by atoms with E-state index in [0.717, 1.165) is 5.57 Å². The van der Waals surface area contributed by atoms with Crippen LogP contribution in [0.4, 0.5) is 5.95 Å². The lowest BCUT2D eigenvalue weighted by molar-refractivity contribution is -0.115. The number of aromatic amines is 1. The maximum Gasteiger partial charge on any atom is 0.248 e. The number of hydrogen-bond donors (Lipinski definition) is 2. The SMILES string of the molecule is C=C(/C=C\C=C(/C)COC)CC(=O)Nc1nc[nH]n1. The molecule has 0 aromatic carbocycles. The summed E-state index contributed by atoms with van der Waals surface area (Å²) in [6.45, 7) is 6.36. The second-order valence-electron chi connectivity index (χ2n) is 4.01. The molecule has 1 rings (SSSR count). The molecule has 0 aliphatic heterocycles. The molecule has 0 unspecified atom stereocenters. The summed E-state index contributed by atoms with van der Waals surface area (Å²) in [6.07, 6.45) is 7.14. The highest BCUT2D eigenvalue weighted by atomic mass is 16.5. The first-order valence-electron chi connectivity index (χ1n) is 5.78. The number of amides is 1. The van der Waals surface area contributed by atoms with Crippen molar-refractivity contribution in [2.24, 2.45) is 0 Å². The molecule has 6 heteroatoms. The molecule has 0 bridgehead atoms. The van der Waals surface area contributed by atoms with Gasteiger partial charge in [-0.05, 0) is 18.1 Å². The predicted molar refractivity (Wildman–Crippen MR) is 73.5 cm³/mol. The van der Waals surface area contributed by atoms with Crippen LogP contribution in [0.25, 0.3) is 0 Å². The van der Waals surface area contributed by atoms with Gasteiger partial charge in [-0.15, -0.1) is 5.10 Å². The monoisotopic (exact) mass is 262 g/mol. The molecule has 1 amide bonds. The minimum absolute atomic E-state index is 0.197. The van der Waals surface area contributed by atoms with Crippen molar-refractivity contribution in [3.8, 4) is 0 Å². The van der Waals surface area contributed by atoms with Crippen molar-refractivity contribution < 1.29 is 9.53 Å². The van der Waals surface area contributed by atoms with Crippen LogP contribution in [0.15, 0.2) is 42.3 Å². The number of allylic oxidation sites excluding steroid dienone is 3. The summed E-state index contributed by atoms with van der Waals surface area (Å²) in [5.41, 5.74) is 1.80. The van der Waals surface area contributed by atoms with E-state index in [9.17, 15) is 4.79 Å². The summed E-state index contributed by atoms with van der Waals surface area (Å²) in [6, 6.07) is 0. The topological polar surface area (TPSA) is 79.9 Å². The number of H-pyrrole nitrogens is 1. The standard InChI is InChI=1S/C13H18N4O2/c1-10(5-4-6-11(2)8-19-3)7-12(18)16-13-14-9-15-17-13/h4-6,9H,1,7-8H2,2-3H3,(H2,14,15,16,17,18)/b5-4-,11-6+. The lowest BCUT2D eigenvalue weighted by atomic mass is 10.2. The Bertz CT molecular complexity index is 475. The van der Waals surface area contributed by atoms with Gasteiger partial charge < -0.3 is 4.74 Å². The third kappa shape index (κ3) is 6.32. The fourth-order valence-corrected chi connectivity index (χ4v) is 1.33. The van der Waals surface area contributed by atoms with E-state index in [1.54, 1.807) is 13.2 Å². The Morgan fingerprint density at radius 2 is 2.42 bits per heavy atom. The molecular formula is C13H18N4O2. The number of hydrogen-bond acceptors (Lipinski definition) is 4. The molecule has 102 valence electrons. The summed E-state index contributed by atoms with van der Waals surface area (Å²) < 4.78 is 4.98. The molecule has 1 heterocycles. The number of nitrogens with one attached hydrogen (secondary N) is 2. The maximum absolute atomic E-state index is 11.6. The average Bonchev–Trinajstić information content (AvgIpc) is 2.81. The van der Waals surface area contributed by atoms with E-state index >= 15 is 0 Å². The number of carbonyl (C=O) groups excluding carboxylic acids is 1. The Balaban J connectivity index is 2.36. The lowest BCUT2D eigenvalue weighted by Crippen LogP contribution is -2.12. The molecule has 0 saturated carbocycles. The fourth-order valence-electron chi connectivity index (χ4n) is 1.33. The third-order valence-electron chi connectivity index (χ3n) is 2.14. The van der Waals surface area contributed by atoms with Crippen molar-refractivity contribution in [3.63, 3.8) is 0 Å². The van der Waals surface area contributed by atoms with E-state index in [4.69, 9.17) is 4.74 Å². The van der Waals surface area contributed by atoms with E-state index in [1.807, 2.05) is 19.1 Å². The van der Waals surface area contributed by atoms with Crippen LogP contribution in [0.2, 0.25) is 0 Å². The summed E-state index contributed by atoms with van der Waals surface area (Å²) >= 11 is 0. The van der Waals surface area contributed by atoms with Gasteiger partial charge in [0.25, 0.3) is 0 Å². The van der Waals surface area contributed by atoms with Crippen LogP contribution in [-0.4, -0.2) is 34.8 Å². The molecule has 0 aliphatic rings. The zero-order valence-corrected chi connectivity index (χ0v) is 11.1. The number of rotatable bonds is 7. The van der Waals surface area contributed by atoms with Gasteiger partial charge in [0.05, 0.1) is 13.0 Å². The van der Waals surface area contributed by atoms with E-state index < -0.39 is 0 Å². The van der Waals surface area contributed by atoms with Gasteiger partial charge in [0.1, 0.15) is 6.33 Å². The first-order valence-corrected chi connectivity index (χ1v) is 5.78. The van der Waals surface area contributed by atoms with E-state index in [-0.39, 0.29) is 18.3 Å². The van der Waals surface area contributed by atoms with Crippen LogP contribution in [0.1, 0.15) is 13.3 Å². The van der Waals surface area contributed by atoms with Crippen LogP contribution in [0.3, 0.4) is 0 Å². The van der Waals surface area contributed by atoms with Gasteiger partial charge in [0.2, 0.25) is 11.9 Å². The Morgan fingerprint density at radius 1 is 1.63 bits per heavy atom. The Morgan fingerprint density at radius 3 is 3.05 bits per heavy atom. The van der Waals surface area contributed by atoms with Gasteiger partial charge >= 0.3 is 0 Å². The molecule has 0 spiro atoms. The lowest BCUT2D eigenvalue weighted by Gasteiger charge is -2.00. The zero-order valence-electron chi connectivity index (χ0n) is 11.1. The number of ether oxygens (including phenoxy) is 1. The zero-order chi connectivity index (χ0) is 14.1. The molecule has 6 nitrogen and oxygen atoms in total. The molecule has 1 aromatic heterocycles. The van der Waals surface area contributed by atoms with Crippen molar-refractivity contribution >= 4 is 11.9 Å². The Labute approximate surface area is 112 Å². The number of nitrogens with zero attached hydrogens (tertiary/aromatic N) is 2. The van der Waals surface area contributed by atoms with Crippen LogP contribution >= 0.6 is 0 Å². The fraction of sp³-hybridized carbons (Fsp3) is 0.308. The minimum Gasteiger partial charge on any atom is -0.380 e. The van der Waals surface area contributed by atoms with Crippen LogP contribution < -0.4 is 5.32 Å². The summed E-state index contributed by atoms with van der Waals surface area (Å²) in [4.78, 5) is 15.4. The molecule has 1 aromatic rings. The van der Waals surface area contributed by atoms with E-state index in [2.05, 4.69) is 27.1 Å². The summed E-state index contributed by atoms with van der Waals surface area (Å²) in [5.74, 6) is 0.0597. The average molecular weight is 262 g/mol. The largest absolute Gasteiger partial charge is 0.380 e. The molecule has 0 radical (unpaired) electrons. The predicted octanol–water partition coefficient (Wildman–Crippen LogP) is 1.84. The molecule has 0 aliphatic carbocycles. The summed E-state index contributed by atoms with van der Waals surface area (Å²) in [5, 5.41) is 8.80. The minimum atomic E-state index is -0.202. The summed E-state index contributed by atoms with van der Waals surface area (Å²) in [7, 11) is 1.65. The van der Waals surface area contributed by atoms with Crippen LogP contribution in [-0.2, 0) is 9.53 Å². The normalized spacial score (nSPS) is 11.8. The van der Waals surface area contributed by atoms with Crippen LogP contribution in [0.5, 0.6) is 0 Å². The molecule has 0 atom stereocenters. The van der Waals surface area contributed by atoms with E-state index in [1.165, 1.54) is 6.33 Å². The van der Waals surface area contributed by atoms with E-state index in [0.29, 0.717) is 12.2 Å². The molecule has 19 heavy (non-hydrogen) atoms. The van der Waals surface area contributed by atoms with Gasteiger partial charge in [0.15, 0.2) is 0 Å². The van der Waals surface area contributed by atoms with Crippen molar-refractivity contribution in [2.75, 3.05) is 19.0 Å². The highest BCUT2D eigenvalue weighted by Gasteiger charge is 2.04. The number of aromatic nitrogens is 3. The van der Waals surface area contributed by atoms with Crippen molar-refractivity contribution in [2.45, 2.75) is 13.3 Å². The van der Waals surface area contributed by atoms with Crippen LogP contribution in [0, 0.1) is 0 Å². The maximum atomic E-state index is 11.6. The Kier molecular flexibility index (Phi) is 6.25. The first-order chi connectivity index (χ1) is 9.11. The smallest absolute Gasteiger partial charge is 0.248 e. The second-order valence-corrected chi connectivity index (χ2v) is 4.01. The number of carbonyl (C=O) groups is 1. The van der Waals surface area contributed by atoms with Gasteiger partial charge in [-0.25, -0.2) is 4.98 Å². The molecular weight excluding hydrogens is 244 g/mol. The highest BCUT2D eigenvalue weighted by Crippen LogP contribution is 2.04. The first kappa shape index (κ1) is 14.8. The van der Waals surface area contributed by atoms with Crippen molar-refractivity contribution in [1.29, 1.82) is 0 Å². The van der Waals surface area contributed by atoms with Gasteiger partial charge in [-0.2, -0.15) is 0 Å². The quantitative estimate of drug-likeness (QED) is 0.735. The van der Waals surface area contributed by atoms with Gasteiger partial charge in [0, 0.05) is 7.11 Å². The second kappa shape index (κ2) is 7.99. The third-order valence-corrected chi connectivity index (χ3v) is 2.14. The highest BCUT2D eigenvalue weighted by molar-refractivity contribution is 5.90. The molecule has 2 N–H and O–H groups in total. The number of methoxy groups -OCH3 is 1. The Hall–Kier alpha value is -2.21.